The zero-order valence-corrected chi connectivity index (χ0v) is 17.1. The maximum absolute atomic E-state index is 13.6. The number of carboxylic acid groups (broad SMARTS) is 1. The van der Waals surface area contributed by atoms with Gasteiger partial charge < -0.3 is 26.2 Å². The van der Waals surface area contributed by atoms with Crippen LogP contribution in [0.5, 0.6) is 0 Å². The first-order valence-electron chi connectivity index (χ1n) is 11.0. The van der Waals surface area contributed by atoms with Gasteiger partial charge in [0.15, 0.2) is 0 Å². The highest BCUT2D eigenvalue weighted by molar-refractivity contribution is 5.80. The molecule has 6 atom stereocenters. The highest BCUT2D eigenvalue weighted by atomic mass is 19.1. The Bertz CT molecular complexity index is 634. The van der Waals surface area contributed by atoms with Gasteiger partial charge in [-0.05, 0) is 38.6 Å². The van der Waals surface area contributed by atoms with Gasteiger partial charge in [0.25, 0.3) is 0 Å². The summed E-state index contributed by atoms with van der Waals surface area (Å²) in [7, 11) is 0. The number of carbonyl (C=O) groups excluding carboxylic acids is 1. The second kappa shape index (κ2) is 9.41. The SMILES string of the molecule is NC1NN2CC(F)CNC2C1C(=O)NC1CNCCC1OC1CCC(C(=O)O)CC1. The van der Waals surface area contributed by atoms with Crippen LogP contribution in [0.2, 0.25) is 0 Å². The summed E-state index contributed by atoms with van der Waals surface area (Å²) in [5, 5.41) is 20.3. The van der Waals surface area contributed by atoms with Gasteiger partial charge >= 0.3 is 5.97 Å². The predicted molar refractivity (Wildman–Crippen MR) is 106 cm³/mol. The molecule has 0 spiro atoms. The molecule has 7 N–H and O–H groups in total. The van der Waals surface area contributed by atoms with Crippen LogP contribution in [0.1, 0.15) is 32.1 Å². The number of nitrogens with one attached hydrogen (secondary N) is 4. The number of piperidine rings is 1. The summed E-state index contributed by atoms with van der Waals surface area (Å²) >= 11 is 0. The first-order chi connectivity index (χ1) is 14.4. The fourth-order valence-electron chi connectivity index (χ4n) is 5.09. The molecule has 3 saturated heterocycles. The lowest BCUT2D eigenvalue weighted by Crippen LogP contribution is -2.61. The smallest absolute Gasteiger partial charge is 0.306 e. The summed E-state index contributed by atoms with van der Waals surface area (Å²) in [6.07, 6.45) is 1.45. The van der Waals surface area contributed by atoms with E-state index in [9.17, 15) is 14.0 Å². The Labute approximate surface area is 175 Å². The number of alkyl halides is 1. The number of nitrogens with zero attached hydrogens (tertiary/aromatic N) is 1. The van der Waals surface area contributed by atoms with Gasteiger partial charge in [-0.3, -0.25) is 14.9 Å². The number of hydrazine groups is 1. The van der Waals surface area contributed by atoms with Gasteiger partial charge in [0.2, 0.25) is 5.91 Å². The molecule has 4 rings (SSSR count). The topological polar surface area (TPSA) is 141 Å². The van der Waals surface area contributed by atoms with E-state index >= 15 is 0 Å². The zero-order chi connectivity index (χ0) is 21.3. The largest absolute Gasteiger partial charge is 0.481 e. The highest BCUT2D eigenvalue weighted by Crippen LogP contribution is 2.29. The summed E-state index contributed by atoms with van der Waals surface area (Å²) in [6.45, 7) is 1.81. The van der Waals surface area contributed by atoms with E-state index in [0.717, 1.165) is 25.8 Å². The van der Waals surface area contributed by atoms with Crippen molar-refractivity contribution in [1.82, 2.24) is 26.4 Å². The van der Waals surface area contributed by atoms with E-state index in [2.05, 4.69) is 21.4 Å². The average Bonchev–Trinajstić information content (AvgIpc) is 3.04. The Balaban J connectivity index is 1.33. The minimum atomic E-state index is -1.00. The van der Waals surface area contributed by atoms with Gasteiger partial charge in [-0.1, -0.05) is 0 Å². The van der Waals surface area contributed by atoms with Crippen molar-refractivity contribution in [3.05, 3.63) is 0 Å². The van der Waals surface area contributed by atoms with Gasteiger partial charge in [0.05, 0.1) is 42.4 Å². The van der Waals surface area contributed by atoms with Crippen LogP contribution in [0.15, 0.2) is 0 Å². The maximum atomic E-state index is 13.6. The second-order valence-corrected chi connectivity index (χ2v) is 8.88. The number of rotatable bonds is 5. The number of hydrogen-bond acceptors (Lipinski definition) is 8. The average molecular weight is 429 g/mol. The molecule has 6 unspecified atom stereocenters. The fraction of sp³-hybridized carbons (Fsp3) is 0.895. The molecule has 11 heteroatoms. The van der Waals surface area contributed by atoms with E-state index in [4.69, 9.17) is 15.6 Å². The molecule has 30 heavy (non-hydrogen) atoms. The van der Waals surface area contributed by atoms with Gasteiger partial charge in [-0.2, -0.15) is 0 Å². The minimum absolute atomic E-state index is 0.0236. The summed E-state index contributed by atoms with van der Waals surface area (Å²) in [4.78, 5) is 24.2. The van der Waals surface area contributed by atoms with Crippen LogP contribution in [0.4, 0.5) is 4.39 Å². The van der Waals surface area contributed by atoms with Crippen LogP contribution in [0.3, 0.4) is 0 Å². The molecule has 0 bridgehead atoms. The minimum Gasteiger partial charge on any atom is -0.481 e. The normalized spacial score (nSPS) is 42.5. The molecule has 10 nitrogen and oxygen atoms in total. The van der Waals surface area contributed by atoms with Gasteiger partial charge in [0.1, 0.15) is 6.17 Å². The van der Waals surface area contributed by atoms with Crippen LogP contribution in [0, 0.1) is 11.8 Å². The van der Waals surface area contributed by atoms with E-state index in [1.165, 1.54) is 0 Å². The van der Waals surface area contributed by atoms with E-state index < -0.39 is 24.2 Å². The molecule has 3 heterocycles. The Hall–Kier alpha value is -1.37. The third kappa shape index (κ3) is 4.76. The molecular weight excluding hydrogens is 395 g/mol. The zero-order valence-electron chi connectivity index (χ0n) is 17.1. The van der Waals surface area contributed by atoms with Gasteiger partial charge in [-0.15, -0.1) is 0 Å². The van der Waals surface area contributed by atoms with Crippen molar-refractivity contribution in [2.24, 2.45) is 17.6 Å². The number of carbonyl (C=O) groups is 2. The number of amides is 1. The van der Waals surface area contributed by atoms with Crippen molar-refractivity contribution in [1.29, 1.82) is 0 Å². The monoisotopic (exact) mass is 428 g/mol. The molecule has 1 amide bonds. The van der Waals surface area contributed by atoms with Gasteiger partial charge in [-0.25, -0.2) is 14.8 Å². The van der Waals surface area contributed by atoms with Crippen molar-refractivity contribution >= 4 is 11.9 Å². The lowest BCUT2D eigenvalue weighted by Gasteiger charge is -2.38. The summed E-state index contributed by atoms with van der Waals surface area (Å²) in [5.41, 5.74) is 9.14. The highest BCUT2D eigenvalue weighted by Gasteiger charge is 2.47. The molecule has 0 aromatic rings. The van der Waals surface area contributed by atoms with Crippen molar-refractivity contribution in [3.63, 3.8) is 0 Å². The Kier molecular flexibility index (Phi) is 6.85. The molecule has 1 aliphatic carbocycles. The quantitative estimate of drug-likeness (QED) is 0.308. The number of halogens is 1. The number of aliphatic carboxylic acids is 1. The van der Waals surface area contributed by atoms with E-state index in [1.54, 1.807) is 5.01 Å². The van der Waals surface area contributed by atoms with E-state index in [0.29, 0.717) is 19.4 Å². The molecule has 1 saturated carbocycles. The number of ether oxygens (including phenoxy) is 1. The standard InChI is InChI=1S/C19H33FN6O4/c20-11-7-23-17-15(16(21)25-26(17)9-11)18(27)24-13-8-22-6-5-14(13)30-12-3-1-10(2-4-12)19(28)29/h10-17,22-23,25H,1-9,21H2,(H,24,27)(H,28,29). The lowest BCUT2D eigenvalue weighted by molar-refractivity contribution is -0.145. The third-order valence-electron chi connectivity index (χ3n) is 6.76. The van der Waals surface area contributed by atoms with Crippen LogP contribution >= 0.6 is 0 Å². The first-order valence-corrected chi connectivity index (χ1v) is 11.0. The van der Waals surface area contributed by atoms with E-state index in [-0.39, 0.29) is 49.3 Å². The van der Waals surface area contributed by atoms with Crippen LogP contribution in [-0.2, 0) is 14.3 Å². The van der Waals surface area contributed by atoms with Crippen LogP contribution in [-0.4, -0.2) is 84.9 Å². The van der Waals surface area contributed by atoms with Gasteiger partial charge in [0, 0.05) is 19.6 Å². The fourth-order valence-corrected chi connectivity index (χ4v) is 5.09. The molecule has 0 aromatic heterocycles. The summed E-state index contributed by atoms with van der Waals surface area (Å²) in [6, 6.07) is -0.192. The van der Waals surface area contributed by atoms with Crippen molar-refractivity contribution < 1.29 is 23.8 Å². The molecule has 0 radical (unpaired) electrons. The molecule has 170 valence electrons. The Morgan fingerprint density at radius 1 is 1.17 bits per heavy atom. The molecule has 4 aliphatic rings. The Morgan fingerprint density at radius 2 is 1.93 bits per heavy atom. The molecule has 0 aromatic carbocycles. The summed E-state index contributed by atoms with van der Waals surface area (Å²) in [5.74, 6) is -1.72. The first kappa shape index (κ1) is 21.8. The third-order valence-corrected chi connectivity index (χ3v) is 6.76. The number of hydrogen-bond donors (Lipinski definition) is 6. The maximum Gasteiger partial charge on any atom is 0.306 e. The van der Waals surface area contributed by atoms with Crippen LogP contribution in [0.25, 0.3) is 0 Å². The number of fused-ring (bicyclic) bond motifs is 1. The predicted octanol–water partition coefficient (Wildman–Crippen LogP) is -1.52. The second-order valence-electron chi connectivity index (χ2n) is 8.88. The summed E-state index contributed by atoms with van der Waals surface area (Å²) < 4.78 is 20.0. The molecular formula is C19H33FN6O4. The number of carboxylic acids is 1. The van der Waals surface area contributed by atoms with Crippen LogP contribution < -0.4 is 27.1 Å². The van der Waals surface area contributed by atoms with Crippen molar-refractivity contribution in [2.75, 3.05) is 26.2 Å². The van der Waals surface area contributed by atoms with Crippen molar-refractivity contribution in [2.45, 2.75) is 68.9 Å². The lowest BCUT2D eigenvalue weighted by atomic mass is 9.87. The number of nitrogens with two attached hydrogens (primary N) is 1. The van der Waals surface area contributed by atoms with E-state index in [1.807, 2.05) is 0 Å². The molecule has 4 fully saturated rings. The molecule has 3 aliphatic heterocycles. The van der Waals surface area contributed by atoms with Crippen molar-refractivity contribution in [3.8, 4) is 0 Å². The Morgan fingerprint density at radius 3 is 2.67 bits per heavy atom.